The highest BCUT2D eigenvalue weighted by atomic mass is 16.3. The van der Waals surface area contributed by atoms with Crippen LogP contribution in [-0.2, 0) is 0 Å². The van der Waals surface area contributed by atoms with E-state index >= 15 is 0 Å². The molecule has 1 atom stereocenters. The topological polar surface area (TPSA) is 56.0 Å². The fraction of sp³-hybridized carbons (Fsp3) is 0.929. The van der Waals surface area contributed by atoms with Gasteiger partial charge in [0.05, 0.1) is 6.07 Å². The summed E-state index contributed by atoms with van der Waals surface area (Å²) in [7, 11) is 0. The van der Waals surface area contributed by atoms with Crippen molar-refractivity contribution in [2.45, 2.75) is 59.9 Å². The number of nitrogens with one attached hydrogen (secondary N) is 1. The molecule has 0 heterocycles. The minimum Gasteiger partial charge on any atom is -0.396 e. The Hall–Kier alpha value is -0.590. The molecule has 0 aliphatic carbocycles. The first-order valence-corrected chi connectivity index (χ1v) is 6.44. The van der Waals surface area contributed by atoms with Crippen LogP contribution in [0, 0.1) is 22.2 Å². The number of hydrogen-bond acceptors (Lipinski definition) is 3. The van der Waals surface area contributed by atoms with Gasteiger partial charge in [0.2, 0.25) is 0 Å². The first-order chi connectivity index (χ1) is 7.73. The Morgan fingerprint density at radius 2 is 1.82 bits per heavy atom. The average molecular weight is 240 g/mol. The number of hydrogen-bond donors (Lipinski definition) is 2. The van der Waals surface area contributed by atoms with Gasteiger partial charge in [0.25, 0.3) is 0 Å². The maximum absolute atomic E-state index is 9.09. The second-order valence-corrected chi connectivity index (χ2v) is 6.63. The minimum absolute atomic E-state index is 0.134. The van der Waals surface area contributed by atoms with E-state index in [9.17, 15) is 0 Å². The van der Waals surface area contributed by atoms with Gasteiger partial charge in [0.15, 0.2) is 0 Å². The fourth-order valence-electron chi connectivity index (χ4n) is 1.85. The summed E-state index contributed by atoms with van der Waals surface area (Å²) in [6.07, 6.45) is 2.29. The molecule has 0 fully saturated rings. The maximum atomic E-state index is 9.09. The zero-order valence-electron chi connectivity index (χ0n) is 12.0. The number of nitrogens with zero attached hydrogens (tertiary/aromatic N) is 1. The summed E-state index contributed by atoms with van der Waals surface area (Å²) in [4.78, 5) is 0. The molecule has 0 radical (unpaired) electrons. The molecule has 0 bridgehead atoms. The lowest BCUT2D eigenvalue weighted by Crippen LogP contribution is -2.45. The van der Waals surface area contributed by atoms with Crippen LogP contribution in [0.4, 0.5) is 0 Å². The number of aliphatic hydroxyl groups is 1. The number of nitriles is 1. The molecule has 0 saturated heterocycles. The highest BCUT2D eigenvalue weighted by molar-refractivity contribution is 4.84. The first-order valence-electron chi connectivity index (χ1n) is 6.44. The molecule has 0 aromatic rings. The first kappa shape index (κ1) is 16.4. The van der Waals surface area contributed by atoms with Crippen molar-refractivity contribution in [3.05, 3.63) is 0 Å². The van der Waals surface area contributed by atoms with Gasteiger partial charge in [-0.3, -0.25) is 0 Å². The Morgan fingerprint density at radius 3 is 2.24 bits per heavy atom. The van der Waals surface area contributed by atoms with Crippen molar-refractivity contribution in [3.8, 4) is 6.07 Å². The van der Waals surface area contributed by atoms with E-state index in [-0.39, 0.29) is 17.4 Å². The van der Waals surface area contributed by atoms with Gasteiger partial charge in [-0.15, -0.1) is 0 Å². The van der Waals surface area contributed by atoms with Gasteiger partial charge in [-0.05, 0) is 23.7 Å². The molecular weight excluding hydrogens is 212 g/mol. The lowest BCUT2D eigenvalue weighted by molar-refractivity contribution is 0.178. The van der Waals surface area contributed by atoms with Gasteiger partial charge < -0.3 is 10.4 Å². The summed E-state index contributed by atoms with van der Waals surface area (Å²) < 4.78 is 0. The average Bonchev–Trinajstić information content (AvgIpc) is 2.19. The Morgan fingerprint density at radius 1 is 1.24 bits per heavy atom. The second kappa shape index (κ2) is 6.98. The summed E-state index contributed by atoms with van der Waals surface area (Å²) in [6, 6.07) is 2.51. The van der Waals surface area contributed by atoms with E-state index in [1.54, 1.807) is 0 Å². The van der Waals surface area contributed by atoms with Crippen LogP contribution in [-0.4, -0.2) is 24.3 Å². The molecule has 17 heavy (non-hydrogen) atoms. The van der Waals surface area contributed by atoms with Crippen LogP contribution in [0.1, 0.15) is 53.9 Å². The van der Waals surface area contributed by atoms with Crippen LogP contribution in [0.15, 0.2) is 0 Å². The Balaban J connectivity index is 4.25. The predicted molar refractivity (Wildman–Crippen MR) is 71.6 cm³/mol. The molecule has 0 rings (SSSR count). The highest BCUT2D eigenvalue weighted by Gasteiger charge is 2.26. The standard InChI is InChI=1S/C14H28N2O/c1-13(2,3)12(7-10-17)16-11-14(4,5)8-6-9-15/h12,16-17H,6-8,10-11H2,1-5H3. The summed E-state index contributed by atoms with van der Waals surface area (Å²) in [5, 5.41) is 21.2. The Kier molecular flexibility index (Phi) is 6.74. The number of aliphatic hydroxyl groups excluding tert-OH is 1. The molecule has 0 aromatic carbocycles. The molecule has 0 saturated carbocycles. The van der Waals surface area contributed by atoms with Crippen LogP contribution in [0.3, 0.4) is 0 Å². The van der Waals surface area contributed by atoms with Crippen LogP contribution in [0.2, 0.25) is 0 Å². The van der Waals surface area contributed by atoms with Gasteiger partial charge in [-0.1, -0.05) is 34.6 Å². The Labute approximate surface area is 106 Å². The third-order valence-electron chi connectivity index (χ3n) is 3.20. The lowest BCUT2D eigenvalue weighted by atomic mass is 9.82. The summed E-state index contributed by atoms with van der Waals surface area (Å²) in [6.45, 7) is 12.0. The second-order valence-electron chi connectivity index (χ2n) is 6.63. The van der Waals surface area contributed by atoms with Crippen molar-refractivity contribution in [1.29, 1.82) is 5.26 Å². The van der Waals surface area contributed by atoms with Crippen LogP contribution < -0.4 is 5.32 Å². The lowest BCUT2D eigenvalue weighted by Gasteiger charge is -2.35. The van der Waals surface area contributed by atoms with Crippen molar-refractivity contribution < 1.29 is 5.11 Å². The predicted octanol–water partition coefficient (Wildman–Crippen LogP) is 2.70. The van der Waals surface area contributed by atoms with E-state index in [2.05, 4.69) is 46.0 Å². The van der Waals surface area contributed by atoms with Crippen molar-refractivity contribution in [1.82, 2.24) is 5.32 Å². The molecule has 100 valence electrons. The molecule has 0 aliphatic heterocycles. The van der Waals surface area contributed by atoms with Crippen LogP contribution in [0.5, 0.6) is 0 Å². The van der Waals surface area contributed by atoms with Crippen molar-refractivity contribution in [2.24, 2.45) is 10.8 Å². The van der Waals surface area contributed by atoms with E-state index in [4.69, 9.17) is 10.4 Å². The smallest absolute Gasteiger partial charge is 0.0621 e. The highest BCUT2D eigenvalue weighted by Crippen LogP contribution is 2.25. The molecule has 0 spiro atoms. The van der Waals surface area contributed by atoms with Gasteiger partial charge in [0.1, 0.15) is 0 Å². The molecule has 3 nitrogen and oxygen atoms in total. The zero-order chi connectivity index (χ0) is 13.5. The summed E-state index contributed by atoms with van der Waals surface area (Å²) >= 11 is 0. The minimum atomic E-state index is 0.134. The molecule has 2 N–H and O–H groups in total. The largest absolute Gasteiger partial charge is 0.396 e. The van der Waals surface area contributed by atoms with Gasteiger partial charge >= 0.3 is 0 Å². The van der Waals surface area contributed by atoms with E-state index < -0.39 is 0 Å². The van der Waals surface area contributed by atoms with Gasteiger partial charge in [-0.2, -0.15) is 5.26 Å². The van der Waals surface area contributed by atoms with E-state index in [0.717, 1.165) is 19.4 Å². The monoisotopic (exact) mass is 240 g/mol. The van der Waals surface area contributed by atoms with Crippen molar-refractivity contribution in [3.63, 3.8) is 0 Å². The zero-order valence-corrected chi connectivity index (χ0v) is 12.0. The molecule has 1 unspecified atom stereocenters. The maximum Gasteiger partial charge on any atom is 0.0621 e. The molecule has 0 amide bonds. The Bertz CT molecular complexity index is 248. The van der Waals surface area contributed by atoms with Crippen LogP contribution >= 0.6 is 0 Å². The SMILES string of the molecule is CC(C)(CCC#N)CNC(CCO)C(C)(C)C. The third-order valence-corrected chi connectivity index (χ3v) is 3.20. The van der Waals surface area contributed by atoms with E-state index in [0.29, 0.717) is 12.5 Å². The molecule has 0 aliphatic rings. The third kappa shape index (κ3) is 7.36. The number of rotatable bonds is 7. The molecular formula is C14H28N2O. The summed E-state index contributed by atoms with van der Waals surface area (Å²) in [5.74, 6) is 0. The van der Waals surface area contributed by atoms with E-state index in [1.807, 2.05) is 0 Å². The van der Waals surface area contributed by atoms with Gasteiger partial charge in [-0.25, -0.2) is 0 Å². The fourth-order valence-corrected chi connectivity index (χ4v) is 1.85. The van der Waals surface area contributed by atoms with Crippen molar-refractivity contribution >= 4 is 0 Å². The summed E-state index contributed by atoms with van der Waals surface area (Å²) in [5.41, 5.74) is 0.280. The van der Waals surface area contributed by atoms with E-state index in [1.165, 1.54) is 0 Å². The molecule has 0 aromatic heterocycles. The van der Waals surface area contributed by atoms with Crippen LogP contribution in [0.25, 0.3) is 0 Å². The quantitative estimate of drug-likeness (QED) is 0.719. The van der Waals surface area contributed by atoms with Gasteiger partial charge in [0, 0.05) is 25.6 Å². The normalized spacial score (nSPS) is 14.4. The van der Waals surface area contributed by atoms with Crippen molar-refractivity contribution in [2.75, 3.05) is 13.2 Å². The molecule has 3 heteroatoms.